The second-order valence-electron chi connectivity index (χ2n) is 3.94. The van der Waals surface area contributed by atoms with Gasteiger partial charge in [0.15, 0.2) is 0 Å². The minimum Gasteiger partial charge on any atom is -0.393 e. The van der Waals surface area contributed by atoms with Gasteiger partial charge < -0.3 is 10.0 Å². The lowest BCUT2D eigenvalue weighted by Gasteiger charge is -2.16. The van der Waals surface area contributed by atoms with Crippen LogP contribution in [0.3, 0.4) is 0 Å². The lowest BCUT2D eigenvalue weighted by molar-refractivity contribution is 0.128. The van der Waals surface area contributed by atoms with Gasteiger partial charge in [-0.05, 0) is 50.8 Å². The molecule has 0 radical (unpaired) electrons. The molecule has 1 fully saturated rings. The van der Waals surface area contributed by atoms with Crippen molar-refractivity contribution in [1.82, 2.24) is 4.90 Å². The zero-order chi connectivity index (χ0) is 9.68. The van der Waals surface area contributed by atoms with Crippen molar-refractivity contribution in [2.75, 3.05) is 31.6 Å². The molecule has 0 aromatic heterocycles. The van der Waals surface area contributed by atoms with E-state index in [0.29, 0.717) is 5.92 Å². The maximum atomic E-state index is 9.41. The number of thioether (sulfide) groups is 1. The molecule has 78 valence electrons. The van der Waals surface area contributed by atoms with Crippen LogP contribution in [0.2, 0.25) is 0 Å². The zero-order valence-corrected chi connectivity index (χ0v) is 9.52. The number of rotatable bonds is 5. The summed E-state index contributed by atoms with van der Waals surface area (Å²) in [4.78, 5) is 2.48. The number of hydrogen-bond donors (Lipinski definition) is 1. The van der Waals surface area contributed by atoms with Crippen LogP contribution in [-0.2, 0) is 0 Å². The average molecular weight is 203 g/mol. The average Bonchev–Trinajstić information content (AvgIpc) is 2.53. The Kier molecular flexibility index (Phi) is 5.14. The van der Waals surface area contributed by atoms with Gasteiger partial charge in [-0.2, -0.15) is 11.8 Å². The summed E-state index contributed by atoms with van der Waals surface area (Å²) in [5, 5.41) is 9.41. The molecular formula is C10H21NOS. The van der Waals surface area contributed by atoms with Crippen molar-refractivity contribution in [3.05, 3.63) is 0 Å². The van der Waals surface area contributed by atoms with Crippen LogP contribution >= 0.6 is 11.8 Å². The van der Waals surface area contributed by atoms with E-state index in [-0.39, 0.29) is 6.10 Å². The fraction of sp³-hybridized carbons (Fsp3) is 1.00. The summed E-state index contributed by atoms with van der Waals surface area (Å²) in [5.41, 5.74) is 0. The summed E-state index contributed by atoms with van der Waals surface area (Å²) < 4.78 is 0. The van der Waals surface area contributed by atoms with E-state index in [4.69, 9.17) is 0 Å². The van der Waals surface area contributed by atoms with Crippen LogP contribution in [0.4, 0.5) is 0 Å². The van der Waals surface area contributed by atoms with Gasteiger partial charge in [0, 0.05) is 6.54 Å². The fourth-order valence-corrected chi connectivity index (χ4v) is 2.31. The fourth-order valence-electron chi connectivity index (χ4n) is 1.89. The maximum Gasteiger partial charge on any atom is 0.0552 e. The molecule has 0 aromatic carbocycles. The first kappa shape index (κ1) is 11.3. The SMILES string of the molecule is CSCCCN1CCC(C(C)O)C1. The summed E-state index contributed by atoms with van der Waals surface area (Å²) in [6, 6.07) is 0. The molecule has 0 spiro atoms. The highest BCUT2D eigenvalue weighted by atomic mass is 32.2. The molecule has 13 heavy (non-hydrogen) atoms. The summed E-state index contributed by atoms with van der Waals surface area (Å²) in [5.74, 6) is 1.78. The topological polar surface area (TPSA) is 23.5 Å². The largest absolute Gasteiger partial charge is 0.393 e. The molecule has 0 saturated carbocycles. The van der Waals surface area contributed by atoms with Crippen molar-refractivity contribution in [2.45, 2.75) is 25.9 Å². The lowest BCUT2D eigenvalue weighted by Crippen LogP contribution is -2.25. The Morgan fingerprint density at radius 3 is 2.92 bits per heavy atom. The Balaban J connectivity index is 2.10. The molecule has 0 aromatic rings. The first-order chi connectivity index (χ1) is 6.24. The molecule has 0 aliphatic carbocycles. The summed E-state index contributed by atoms with van der Waals surface area (Å²) >= 11 is 1.92. The normalized spacial score (nSPS) is 26.5. The Bertz CT molecular complexity index is 141. The van der Waals surface area contributed by atoms with Crippen molar-refractivity contribution in [2.24, 2.45) is 5.92 Å². The van der Waals surface area contributed by atoms with E-state index in [1.54, 1.807) is 0 Å². The molecule has 1 heterocycles. The van der Waals surface area contributed by atoms with Gasteiger partial charge in [0.05, 0.1) is 6.10 Å². The molecule has 3 heteroatoms. The predicted molar refractivity (Wildman–Crippen MR) is 59.2 cm³/mol. The third-order valence-electron chi connectivity index (χ3n) is 2.81. The van der Waals surface area contributed by atoms with E-state index in [9.17, 15) is 5.11 Å². The van der Waals surface area contributed by atoms with E-state index < -0.39 is 0 Å². The summed E-state index contributed by atoms with van der Waals surface area (Å²) in [7, 11) is 0. The van der Waals surface area contributed by atoms with Crippen LogP contribution in [-0.4, -0.2) is 47.8 Å². The number of likely N-dealkylation sites (tertiary alicyclic amines) is 1. The number of aliphatic hydroxyl groups is 1. The third-order valence-corrected chi connectivity index (χ3v) is 3.51. The highest BCUT2D eigenvalue weighted by Gasteiger charge is 2.25. The van der Waals surface area contributed by atoms with Crippen LogP contribution in [0.15, 0.2) is 0 Å². The monoisotopic (exact) mass is 203 g/mol. The maximum absolute atomic E-state index is 9.41. The molecule has 0 amide bonds. The minimum atomic E-state index is -0.120. The van der Waals surface area contributed by atoms with E-state index in [0.717, 1.165) is 6.54 Å². The van der Waals surface area contributed by atoms with Crippen LogP contribution in [0.25, 0.3) is 0 Å². The molecule has 1 N–H and O–H groups in total. The van der Waals surface area contributed by atoms with Gasteiger partial charge in [-0.25, -0.2) is 0 Å². The third kappa shape index (κ3) is 3.88. The Morgan fingerprint density at radius 1 is 1.62 bits per heavy atom. The smallest absolute Gasteiger partial charge is 0.0552 e. The second kappa shape index (κ2) is 5.89. The van der Waals surface area contributed by atoms with E-state index in [1.807, 2.05) is 18.7 Å². The molecule has 1 saturated heterocycles. The molecule has 1 aliphatic heterocycles. The Labute approximate surface area is 85.7 Å². The molecule has 2 nitrogen and oxygen atoms in total. The van der Waals surface area contributed by atoms with Gasteiger partial charge >= 0.3 is 0 Å². The summed E-state index contributed by atoms with van der Waals surface area (Å²) in [6.07, 6.45) is 4.50. The highest BCUT2D eigenvalue weighted by Crippen LogP contribution is 2.19. The number of aliphatic hydroxyl groups excluding tert-OH is 1. The van der Waals surface area contributed by atoms with Gasteiger partial charge in [-0.1, -0.05) is 0 Å². The van der Waals surface area contributed by atoms with Crippen LogP contribution in [0.1, 0.15) is 19.8 Å². The quantitative estimate of drug-likeness (QED) is 0.684. The molecule has 2 atom stereocenters. The van der Waals surface area contributed by atoms with Gasteiger partial charge in [0.2, 0.25) is 0 Å². The van der Waals surface area contributed by atoms with E-state index in [2.05, 4.69) is 11.2 Å². The molecule has 1 rings (SSSR count). The number of hydrogen-bond acceptors (Lipinski definition) is 3. The van der Waals surface area contributed by atoms with Gasteiger partial charge in [0.25, 0.3) is 0 Å². The second-order valence-corrected chi connectivity index (χ2v) is 4.92. The van der Waals surface area contributed by atoms with Crippen molar-refractivity contribution in [1.29, 1.82) is 0 Å². The Morgan fingerprint density at radius 2 is 2.38 bits per heavy atom. The van der Waals surface area contributed by atoms with Crippen molar-refractivity contribution in [3.8, 4) is 0 Å². The van der Waals surface area contributed by atoms with Crippen LogP contribution < -0.4 is 0 Å². The predicted octanol–water partition coefficient (Wildman–Crippen LogP) is 1.44. The van der Waals surface area contributed by atoms with Crippen LogP contribution in [0.5, 0.6) is 0 Å². The lowest BCUT2D eigenvalue weighted by atomic mass is 10.0. The first-order valence-electron chi connectivity index (χ1n) is 5.13. The number of nitrogens with zero attached hydrogens (tertiary/aromatic N) is 1. The van der Waals surface area contributed by atoms with Gasteiger partial charge in [0.1, 0.15) is 0 Å². The highest BCUT2D eigenvalue weighted by molar-refractivity contribution is 7.98. The van der Waals surface area contributed by atoms with Gasteiger partial charge in [-0.3, -0.25) is 0 Å². The van der Waals surface area contributed by atoms with Crippen molar-refractivity contribution < 1.29 is 5.11 Å². The first-order valence-corrected chi connectivity index (χ1v) is 6.52. The standard InChI is InChI=1S/C10H21NOS/c1-9(12)10-4-6-11(8-10)5-3-7-13-2/h9-10,12H,3-8H2,1-2H3. The van der Waals surface area contributed by atoms with Crippen LogP contribution in [0, 0.1) is 5.92 Å². The van der Waals surface area contributed by atoms with E-state index >= 15 is 0 Å². The van der Waals surface area contributed by atoms with Gasteiger partial charge in [-0.15, -0.1) is 0 Å². The molecular weight excluding hydrogens is 182 g/mol. The van der Waals surface area contributed by atoms with Crippen molar-refractivity contribution >= 4 is 11.8 Å². The molecule has 1 aliphatic rings. The van der Waals surface area contributed by atoms with E-state index in [1.165, 1.54) is 31.7 Å². The Hall–Kier alpha value is 0.270. The molecule has 2 unspecified atom stereocenters. The minimum absolute atomic E-state index is 0.120. The van der Waals surface area contributed by atoms with Crippen molar-refractivity contribution in [3.63, 3.8) is 0 Å². The summed E-state index contributed by atoms with van der Waals surface area (Å²) in [6.45, 7) is 5.41. The zero-order valence-electron chi connectivity index (χ0n) is 8.70. The molecule has 0 bridgehead atoms.